The number of carbonyl (C=O) groups is 1. The second-order valence-corrected chi connectivity index (χ2v) is 4.30. The van der Waals surface area contributed by atoms with Gasteiger partial charge >= 0.3 is 0 Å². The number of nitrogens with one attached hydrogen (secondary N) is 1. The van der Waals surface area contributed by atoms with E-state index in [-0.39, 0.29) is 0 Å². The normalized spacial score (nSPS) is 10.6. The molecule has 0 unspecified atom stereocenters. The molecule has 2 aromatic rings. The zero-order valence-corrected chi connectivity index (χ0v) is 11.0. The average molecular weight is 258 g/mol. The van der Waals surface area contributed by atoms with Crippen molar-refractivity contribution in [2.45, 2.75) is 26.6 Å². The summed E-state index contributed by atoms with van der Waals surface area (Å²) >= 11 is 0. The minimum atomic E-state index is -0.400. The third kappa shape index (κ3) is 3.42. The predicted molar refractivity (Wildman–Crippen MR) is 73.4 cm³/mol. The van der Waals surface area contributed by atoms with Gasteiger partial charge in [0.05, 0.1) is 6.54 Å². The lowest BCUT2D eigenvalue weighted by molar-refractivity contribution is 0.1000. The van der Waals surface area contributed by atoms with E-state index in [1.165, 1.54) is 0 Å². The lowest BCUT2D eigenvalue weighted by Crippen LogP contribution is -2.17. The van der Waals surface area contributed by atoms with E-state index in [1.54, 1.807) is 12.3 Å². The lowest BCUT2D eigenvalue weighted by Gasteiger charge is -2.07. The summed E-state index contributed by atoms with van der Waals surface area (Å²) in [5.74, 6) is 0.608. The Hall–Kier alpha value is -2.14. The number of primary amides is 1. The minimum Gasteiger partial charge on any atom is -0.366 e. The van der Waals surface area contributed by atoms with E-state index >= 15 is 0 Å². The van der Waals surface area contributed by atoms with Crippen LogP contribution in [0, 0.1) is 0 Å². The summed E-state index contributed by atoms with van der Waals surface area (Å²) in [6.45, 7) is 4.37. The molecule has 1 aromatic heterocycles. The summed E-state index contributed by atoms with van der Waals surface area (Å²) in [7, 11) is 0. The Kier molecular flexibility index (Phi) is 4.30. The first kappa shape index (κ1) is 13.3. The number of hydrogen-bond donors (Lipinski definition) is 2. The monoisotopic (exact) mass is 258 g/mol. The highest BCUT2D eigenvalue weighted by Gasteiger charge is 2.03. The van der Waals surface area contributed by atoms with Crippen LogP contribution in [0.2, 0.25) is 0 Å². The number of nitrogens with zero attached hydrogens (tertiary/aromatic N) is 2. The maximum Gasteiger partial charge on any atom is 0.248 e. The Labute approximate surface area is 112 Å². The summed E-state index contributed by atoms with van der Waals surface area (Å²) in [6, 6.07) is 7.33. The van der Waals surface area contributed by atoms with E-state index in [9.17, 15) is 4.79 Å². The van der Waals surface area contributed by atoms with E-state index in [0.29, 0.717) is 18.7 Å². The van der Waals surface area contributed by atoms with Crippen LogP contribution in [-0.4, -0.2) is 15.5 Å². The Bertz CT molecular complexity index is 562. The highest BCUT2D eigenvalue weighted by molar-refractivity contribution is 5.92. The number of aryl methyl sites for hydroxylation is 1. The number of carbonyl (C=O) groups excluding carboxylic acids is 1. The molecule has 0 atom stereocenters. The Morgan fingerprint density at radius 3 is 3.00 bits per heavy atom. The molecule has 0 saturated heterocycles. The van der Waals surface area contributed by atoms with E-state index in [1.807, 2.05) is 24.4 Å². The fraction of sp³-hybridized carbons (Fsp3) is 0.286. The molecule has 1 aromatic carbocycles. The maximum absolute atomic E-state index is 11.1. The van der Waals surface area contributed by atoms with Crippen molar-refractivity contribution in [1.29, 1.82) is 0 Å². The van der Waals surface area contributed by atoms with Gasteiger partial charge in [-0.2, -0.15) is 0 Å². The summed E-state index contributed by atoms with van der Waals surface area (Å²) < 4.78 is 2.09. The van der Waals surface area contributed by atoms with Crippen molar-refractivity contribution in [3.8, 4) is 0 Å². The molecule has 0 aliphatic heterocycles. The first-order valence-corrected chi connectivity index (χ1v) is 6.30. The Balaban J connectivity index is 1.92. The quantitative estimate of drug-likeness (QED) is 0.820. The molecule has 5 heteroatoms. The van der Waals surface area contributed by atoms with E-state index in [0.717, 1.165) is 17.9 Å². The molecule has 2 rings (SSSR count). The molecule has 1 heterocycles. The van der Waals surface area contributed by atoms with Crippen LogP contribution in [0.25, 0.3) is 0 Å². The third-order valence-electron chi connectivity index (χ3n) is 2.97. The number of rotatable bonds is 6. The molecule has 0 aliphatic carbocycles. The lowest BCUT2D eigenvalue weighted by atomic mass is 10.1. The van der Waals surface area contributed by atoms with Crippen LogP contribution in [0.5, 0.6) is 0 Å². The highest BCUT2D eigenvalue weighted by Crippen LogP contribution is 2.05. The molecule has 100 valence electrons. The van der Waals surface area contributed by atoms with Gasteiger partial charge in [0.1, 0.15) is 5.82 Å². The zero-order chi connectivity index (χ0) is 13.7. The number of benzene rings is 1. The van der Waals surface area contributed by atoms with Gasteiger partial charge in [-0.05, 0) is 24.6 Å². The number of nitrogens with two attached hydrogens (primary N) is 1. The molecule has 0 fully saturated rings. The smallest absolute Gasteiger partial charge is 0.248 e. The van der Waals surface area contributed by atoms with Gasteiger partial charge in [0.15, 0.2) is 0 Å². The first-order chi connectivity index (χ1) is 9.20. The molecule has 0 spiro atoms. The number of amides is 1. The van der Waals surface area contributed by atoms with Crippen molar-refractivity contribution in [3.63, 3.8) is 0 Å². The van der Waals surface area contributed by atoms with Crippen molar-refractivity contribution in [1.82, 2.24) is 14.9 Å². The van der Waals surface area contributed by atoms with E-state index in [2.05, 4.69) is 21.8 Å². The van der Waals surface area contributed by atoms with Crippen molar-refractivity contribution in [3.05, 3.63) is 53.6 Å². The van der Waals surface area contributed by atoms with Gasteiger partial charge in [-0.1, -0.05) is 12.1 Å². The largest absolute Gasteiger partial charge is 0.366 e. The molecule has 0 radical (unpaired) electrons. The third-order valence-corrected chi connectivity index (χ3v) is 2.97. The first-order valence-electron chi connectivity index (χ1n) is 6.30. The number of hydrogen-bond acceptors (Lipinski definition) is 3. The average Bonchev–Trinajstić information content (AvgIpc) is 2.86. The van der Waals surface area contributed by atoms with Gasteiger partial charge < -0.3 is 15.6 Å². The minimum absolute atomic E-state index is 0.400. The van der Waals surface area contributed by atoms with Crippen LogP contribution in [0.15, 0.2) is 36.7 Å². The number of imidazole rings is 1. The van der Waals surface area contributed by atoms with Gasteiger partial charge in [0.2, 0.25) is 5.91 Å². The van der Waals surface area contributed by atoms with Crippen LogP contribution in [0.4, 0.5) is 0 Å². The van der Waals surface area contributed by atoms with Crippen molar-refractivity contribution in [2.75, 3.05) is 0 Å². The molecule has 1 amide bonds. The standard InChI is InChI=1S/C14H18N4O/c1-2-18-7-6-17-13(18)10-16-9-11-4-3-5-12(8-11)14(15)19/h3-8,16H,2,9-10H2,1H3,(H2,15,19). The van der Waals surface area contributed by atoms with Gasteiger partial charge in [-0.15, -0.1) is 0 Å². The molecule has 3 N–H and O–H groups in total. The topological polar surface area (TPSA) is 72.9 Å². The van der Waals surface area contributed by atoms with Crippen molar-refractivity contribution >= 4 is 5.91 Å². The molecule has 0 aliphatic rings. The Morgan fingerprint density at radius 1 is 1.42 bits per heavy atom. The van der Waals surface area contributed by atoms with E-state index < -0.39 is 5.91 Å². The van der Waals surface area contributed by atoms with Crippen molar-refractivity contribution in [2.24, 2.45) is 5.73 Å². The van der Waals surface area contributed by atoms with Crippen LogP contribution >= 0.6 is 0 Å². The fourth-order valence-corrected chi connectivity index (χ4v) is 1.95. The van der Waals surface area contributed by atoms with Gasteiger partial charge in [-0.25, -0.2) is 4.98 Å². The summed E-state index contributed by atoms with van der Waals surface area (Å²) in [5, 5.41) is 3.31. The molecule has 0 saturated carbocycles. The summed E-state index contributed by atoms with van der Waals surface area (Å²) in [4.78, 5) is 15.4. The van der Waals surface area contributed by atoms with Crippen LogP contribution < -0.4 is 11.1 Å². The van der Waals surface area contributed by atoms with Crippen LogP contribution in [0.1, 0.15) is 28.7 Å². The number of aromatic nitrogens is 2. The zero-order valence-electron chi connectivity index (χ0n) is 11.0. The SMILES string of the molecule is CCn1ccnc1CNCc1cccc(C(N)=O)c1. The van der Waals surface area contributed by atoms with Gasteiger partial charge in [0, 0.05) is 31.0 Å². The molecular weight excluding hydrogens is 240 g/mol. The van der Waals surface area contributed by atoms with Crippen LogP contribution in [0.3, 0.4) is 0 Å². The second kappa shape index (κ2) is 6.15. The van der Waals surface area contributed by atoms with Crippen LogP contribution in [-0.2, 0) is 19.6 Å². The highest BCUT2D eigenvalue weighted by atomic mass is 16.1. The van der Waals surface area contributed by atoms with Crippen molar-refractivity contribution < 1.29 is 4.79 Å². The second-order valence-electron chi connectivity index (χ2n) is 4.30. The van der Waals surface area contributed by atoms with E-state index in [4.69, 9.17) is 5.73 Å². The summed E-state index contributed by atoms with van der Waals surface area (Å²) in [6.07, 6.45) is 3.76. The molecule has 5 nitrogen and oxygen atoms in total. The predicted octanol–water partition coefficient (Wildman–Crippen LogP) is 1.29. The Morgan fingerprint density at radius 2 is 2.26 bits per heavy atom. The molecule has 19 heavy (non-hydrogen) atoms. The maximum atomic E-state index is 11.1. The fourth-order valence-electron chi connectivity index (χ4n) is 1.95. The van der Waals surface area contributed by atoms with Gasteiger partial charge in [0.25, 0.3) is 0 Å². The molecule has 0 bridgehead atoms. The van der Waals surface area contributed by atoms with Gasteiger partial charge in [-0.3, -0.25) is 4.79 Å². The summed E-state index contributed by atoms with van der Waals surface area (Å²) in [5.41, 5.74) is 6.82. The molecular formula is C14H18N4O.